The fraction of sp³-hybridized carbons (Fsp3) is 0.484. The van der Waals surface area contributed by atoms with Gasteiger partial charge in [0.05, 0.1) is 26.2 Å². The molecule has 78 heavy (non-hydrogen) atoms. The molecular weight excluding hydrogens is 993 g/mol. The second kappa shape index (κ2) is 26.8. The van der Waals surface area contributed by atoms with Crippen LogP contribution in [0.1, 0.15) is 192 Å². The first kappa shape index (κ1) is 61.5. The van der Waals surface area contributed by atoms with Gasteiger partial charge in [0, 0.05) is 95.0 Å². The van der Waals surface area contributed by atoms with Crippen LogP contribution in [0.25, 0.3) is 0 Å². The zero-order chi connectivity index (χ0) is 57.6. The van der Waals surface area contributed by atoms with Crippen molar-refractivity contribution in [1.29, 1.82) is 0 Å². The van der Waals surface area contributed by atoms with Crippen molar-refractivity contribution in [3.8, 4) is 46.0 Å². The van der Waals surface area contributed by atoms with Crippen LogP contribution in [-0.2, 0) is 40.8 Å². The van der Waals surface area contributed by atoms with Crippen molar-refractivity contribution in [2.45, 2.75) is 169 Å². The molecule has 8 bridgehead atoms. The highest BCUT2D eigenvalue weighted by atomic mass is 16.5. The average Bonchev–Trinajstić information content (AvgIpc) is 3.34. The molecule has 0 spiro atoms. The molecule has 0 fully saturated rings. The summed E-state index contributed by atoms with van der Waals surface area (Å²) in [5.41, 5.74) is 1.62. The molecule has 0 saturated carbocycles. The summed E-state index contributed by atoms with van der Waals surface area (Å²) in [4.78, 5) is 70.3. The summed E-state index contributed by atoms with van der Waals surface area (Å²) >= 11 is 0. The van der Waals surface area contributed by atoms with Gasteiger partial charge in [-0.25, -0.2) is 0 Å². The maximum Gasteiger partial charge on any atom is 0.311 e. The Morgan fingerprint density at radius 3 is 0.692 bits per heavy atom. The zero-order valence-corrected chi connectivity index (χ0v) is 47.7. The van der Waals surface area contributed by atoms with Gasteiger partial charge in [0.1, 0.15) is 46.0 Å². The van der Waals surface area contributed by atoms with Gasteiger partial charge >= 0.3 is 23.9 Å². The summed E-state index contributed by atoms with van der Waals surface area (Å²) < 4.78 is 23.0. The minimum absolute atomic E-state index is 0.00380. The van der Waals surface area contributed by atoms with Gasteiger partial charge in [-0.05, 0) is 95.9 Å². The van der Waals surface area contributed by atoms with E-state index >= 15 is 0 Å². The molecule has 0 saturated heterocycles. The smallest absolute Gasteiger partial charge is 0.311 e. The number of aromatic hydroxyl groups is 4. The van der Waals surface area contributed by atoms with Crippen molar-refractivity contribution in [3.05, 3.63) is 93.0 Å². The topological polar surface area (TPSA) is 236 Å². The molecule has 0 unspecified atom stereocenters. The lowest BCUT2D eigenvalue weighted by atomic mass is 9.85. The molecule has 0 amide bonds. The van der Waals surface area contributed by atoms with E-state index in [9.17, 15) is 39.6 Å². The van der Waals surface area contributed by atoms with Crippen molar-refractivity contribution in [3.63, 3.8) is 0 Å². The zero-order valence-electron chi connectivity index (χ0n) is 47.7. The first-order valence-electron chi connectivity index (χ1n) is 26.8. The number of hydrogen-bond donors (Lipinski definition) is 4. The molecule has 4 aromatic rings. The number of carbonyl (C=O) groups excluding carboxylic acids is 4. The van der Waals surface area contributed by atoms with Gasteiger partial charge in [0.25, 0.3) is 0 Å². The molecule has 16 heteroatoms. The molecule has 0 radical (unpaired) electrons. The van der Waals surface area contributed by atoms with E-state index in [1.165, 1.54) is 24.9 Å². The number of nitrogens with zero attached hydrogens (tertiary/aromatic N) is 4. The number of fused-ring (bicyclic) bond motifs is 8. The number of aliphatic imine (C=N–C) groups is 4. The molecule has 0 atom stereocenters. The van der Waals surface area contributed by atoms with Crippen molar-refractivity contribution < 1.29 is 58.6 Å². The van der Waals surface area contributed by atoms with E-state index in [0.717, 1.165) is 0 Å². The normalized spacial score (nSPS) is 16.3. The fourth-order valence-corrected chi connectivity index (χ4v) is 8.48. The molecule has 4 aromatic carbocycles. The third-order valence-electron chi connectivity index (χ3n) is 12.8. The van der Waals surface area contributed by atoms with Gasteiger partial charge in [0.2, 0.25) is 0 Å². The molecule has 16 nitrogen and oxygen atoms in total. The van der Waals surface area contributed by atoms with Gasteiger partial charge in [0.15, 0.2) is 0 Å². The Labute approximate surface area is 459 Å². The third-order valence-corrected chi connectivity index (χ3v) is 12.8. The Morgan fingerprint density at radius 1 is 0.321 bits per heavy atom. The second-order valence-corrected chi connectivity index (χ2v) is 23.8. The predicted molar refractivity (Wildman–Crippen MR) is 306 cm³/mol. The first-order chi connectivity index (χ1) is 36.5. The number of rotatable bonds is 0. The highest BCUT2D eigenvalue weighted by molar-refractivity contribution is 5.89. The van der Waals surface area contributed by atoms with Gasteiger partial charge < -0.3 is 39.4 Å². The van der Waals surface area contributed by atoms with Crippen LogP contribution in [0.15, 0.2) is 68.5 Å². The van der Waals surface area contributed by atoms with Crippen LogP contribution in [0, 0.1) is 0 Å². The highest BCUT2D eigenvalue weighted by Gasteiger charge is 2.26. The van der Waals surface area contributed by atoms with Crippen LogP contribution < -0.4 is 18.9 Å². The number of phenolic OH excluding ortho intramolecular Hbond substituents is 4. The molecule has 5 rings (SSSR count). The van der Waals surface area contributed by atoms with E-state index in [1.54, 1.807) is 48.5 Å². The van der Waals surface area contributed by atoms with E-state index in [1.807, 2.05) is 83.1 Å². The number of carbonyl (C=O) groups is 4. The minimum atomic E-state index is -0.510. The maximum absolute atomic E-state index is 13.1. The monoisotopic (exact) mass is 1070 g/mol. The Bertz CT molecular complexity index is 2530. The average molecular weight is 1070 g/mol. The molecule has 0 aromatic heterocycles. The number of benzene rings is 4. The lowest BCUT2D eigenvalue weighted by molar-refractivity contribution is -0.136. The Balaban J connectivity index is 1.37. The van der Waals surface area contributed by atoms with Crippen molar-refractivity contribution in [2.75, 3.05) is 26.2 Å². The van der Waals surface area contributed by atoms with Crippen LogP contribution in [0.5, 0.6) is 46.0 Å². The minimum Gasteiger partial charge on any atom is -0.507 e. The number of esters is 4. The Morgan fingerprint density at radius 2 is 0.513 bits per heavy atom. The van der Waals surface area contributed by atoms with Crippen LogP contribution in [-0.4, -0.2) is 95.3 Å². The number of ether oxygens (including phenoxy) is 4. The molecule has 0 aliphatic carbocycles. The molecular formula is C62H80N4O12. The van der Waals surface area contributed by atoms with E-state index in [2.05, 4.69) is 20.0 Å². The van der Waals surface area contributed by atoms with Crippen LogP contribution in [0.4, 0.5) is 0 Å². The number of hydrogen-bond acceptors (Lipinski definition) is 16. The van der Waals surface area contributed by atoms with E-state index in [0.29, 0.717) is 83.0 Å². The predicted octanol–water partition coefficient (Wildman–Crippen LogP) is 12.0. The summed E-state index contributed by atoms with van der Waals surface area (Å²) in [5.74, 6) is -0.866. The van der Waals surface area contributed by atoms with Gasteiger partial charge in [-0.2, -0.15) is 0 Å². The van der Waals surface area contributed by atoms with Crippen LogP contribution >= 0.6 is 0 Å². The van der Waals surface area contributed by atoms with Gasteiger partial charge in [-0.3, -0.25) is 39.1 Å². The second-order valence-electron chi connectivity index (χ2n) is 23.8. The van der Waals surface area contributed by atoms with Crippen molar-refractivity contribution in [1.82, 2.24) is 0 Å². The maximum atomic E-state index is 13.1. The highest BCUT2D eigenvalue weighted by Crippen LogP contribution is 2.40. The molecule has 1 aliphatic rings. The molecule has 420 valence electrons. The van der Waals surface area contributed by atoms with Crippen molar-refractivity contribution >= 4 is 48.7 Å². The van der Waals surface area contributed by atoms with Gasteiger partial charge in [-0.1, -0.05) is 95.9 Å². The van der Waals surface area contributed by atoms with E-state index in [-0.39, 0.29) is 97.9 Å². The quantitative estimate of drug-likeness (QED) is 0.0951. The third kappa shape index (κ3) is 18.4. The Kier molecular flexibility index (Phi) is 21.1. The SMILES string of the molecule is CC(C)(C)c1cc2cc(c1O)C=NCCN=Cc1cc(cc(C(C)(C)C)c1O)OC(=O)CCCCCC(=O)Oc1cc(c(O)c(C(C)(C)C)c1)C=NCCN=Cc1cc(cc(C(C)(C)C)c1O)OC(=O)CCCCCC(=O)O2. The summed E-state index contributed by atoms with van der Waals surface area (Å²) in [5, 5.41) is 45.1. The Hall–Kier alpha value is -7.36. The largest absolute Gasteiger partial charge is 0.507 e. The lowest BCUT2D eigenvalue weighted by Gasteiger charge is -2.22. The van der Waals surface area contributed by atoms with E-state index in [4.69, 9.17) is 18.9 Å². The first-order valence-corrected chi connectivity index (χ1v) is 26.8. The molecule has 4 N–H and O–H groups in total. The standard InChI is InChI=1S/C62H80N4O12/c1-59(2,3)47-31-43-27-39(55(47)71)35-63-23-24-64-36-40-28-44(32-48(56(40)72)60(4,5)6)77-53(69)21-17-14-18-22-54(70)78-46-30-42(58(74)50(34-46)62(10,11)12)38-66-26-25-65-37-41-29-45(33-49(57(41)73)61(7,8)9)76-52(68)20-16-13-15-19-51(67)75-43/h27-38,71-74H,13-26H2,1-12H3. The van der Waals surface area contributed by atoms with Crippen molar-refractivity contribution in [2.24, 2.45) is 20.0 Å². The molecule has 1 aliphatic heterocycles. The molecule has 1 heterocycles. The van der Waals surface area contributed by atoms with E-state index < -0.39 is 45.5 Å². The van der Waals surface area contributed by atoms with Crippen LogP contribution in [0.3, 0.4) is 0 Å². The summed E-state index contributed by atoms with van der Waals surface area (Å²) in [6, 6.07) is 12.8. The summed E-state index contributed by atoms with van der Waals surface area (Å²) in [7, 11) is 0. The summed E-state index contributed by atoms with van der Waals surface area (Å²) in [6.07, 6.45) is 9.26. The lowest BCUT2D eigenvalue weighted by Crippen LogP contribution is -2.14. The number of phenols is 4. The fourth-order valence-electron chi connectivity index (χ4n) is 8.48. The van der Waals surface area contributed by atoms with Crippen LogP contribution in [0.2, 0.25) is 0 Å². The summed E-state index contributed by atoms with van der Waals surface area (Å²) in [6.45, 7) is 24.0. The van der Waals surface area contributed by atoms with Gasteiger partial charge in [-0.15, -0.1) is 0 Å².